The number of fused-ring (bicyclic) bond motifs is 6. The minimum Gasteiger partial charge on any atom is -0.490 e. The number of aliphatic hydroxyl groups is 1. The number of benzene rings is 2. The molecule has 2 amide bonds. The number of alkyl halides is 3. The van der Waals surface area contributed by atoms with Crippen molar-refractivity contribution < 1.29 is 32.6 Å². The number of β-amino-alcohol motifs (C(OH)–C–C–N with tert-alkyl or cyclic N) is 1. The summed E-state index contributed by atoms with van der Waals surface area (Å²) in [5.41, 5.74) is -0.346. The third-order valence-electron chi connectivity index (χ3n) is 8.85. The molecule has 10 nitrogen and oxygen atoms in total. The lowest BCUT2D eigenvalue weighted by Crippen LogP contribution is -2.61. The van der Waals surface area contributed by atoms with Gasteiger partial charge in [-0.1, -0.05) is 0 Å². The molecule has 4 atom stereocenters. The van der Waals surface area contributed by atoms with Gasteiger partial charge < -0.3 is 19.6 Å². The first-order valence-electron chi connectivity index (χ1n) is 13.7. The van der Waals surface area contributed by atoms with Gasteiger partial charge in [0, 0.05) is 48.5 Å². The summed E-state index contributed by atoms with van der Waals surface area (Å²) in [6, 6.07) is 9.74. The molecule has 2 N–H and O–H groups in total. The summed E-state index contributed by atoms with van der Waals surface area (Å²) < 4.78 is 46.1. The average Bonchev–Trinajstić information content (AvgIpc) is 3.65. The molecule has 4 heterocycles. The molecule has 3 fully saturated rings. The van der Waals surface area contributed by atoms with E-state index in [-0.39, 0.29) is 59.8 Å². The van der Waals surface area contributed by atoms with Crippen LogP contribution < -0.4 is 4.74 Å². The van der Waals surface area contributed by atoms with Crippen molar-refractivity contribution in [3.63, 3.8) is 0 Å². The standard InChI is InChI=1S/C29H27F3N6O4/c1-14(2)42-25-9-24(33-22-8-16(29(30,31)32)4-5-17(22)25)27(40)38-12-20-18-10-37(11-19(18)28(20,41)13-38)26(39)15-3-6-21-23(7-15)35-36-34-21/h3-9,14,18-20,41H,10-13H2,1-2H3,(H,34,35,36)/t18-,19+,20?,28?/m0/s1. The van der Waals surface area contributed by atoms with Gasteiger partial charge in [0.1, 0.15) is 22.5 Å². The van der Waals surface area contributed by atoms with Crippen LogP contribution in [0.4, 0.5) is 13.2 Å². The molecule has 2 aliphatic heterocycles. The van der Waals surface area contributed by atoms with Crippen LogP contribution in [0.1, 0.15) is 40.3 Å². The number of amides is 2. The Balaban J connectivity index is 1.11. The van der Waals surface area contributed by atoms with E-state index in [1.165, 1.54) is 17.0 Å². The van der Waals surface area contributed by atoms with Gasteiger partial charge in [-0.05, 0) is 56.2 Å². The molecule has 2 saturated heterocycles. The maximum atomic E-state index is 13.6. The van der Waals surface area contributed by atoms with Crippen molar-refractivity contribution in [2.75, 3.05) is 26.2 Å². The van der Waals surface area contributed by atoms with Crippen LogP contribution >= 0.6 is 0 Å². The number of aromatic amines is 1. The fourth-order valence-electron chi connectivity index (χ4n) is 6.90. The number of hydrogen-bond donors (Lipinski definition) is 2. The molecule has 0 spiro atoms. The molecule has 2 unspecified atom stereocenters. The van der Waals surface area contributed by atoms with Gasteiger partial charge in [0.15, 0.2) is 0 Å². The number of H-pyrrole nitrogens is 1. The summed E-state index contributed by atoms with van der Waals surface area (Å²) in [7, 11) is 0. The molecule has 1 saturated carbocycles. The number of likely N-dealkylation sites (tertiary alicyclic amines) is 2. The van der Waals surface area contributed by atoms with Crippen LogP contribution in [0.15, 0.2) is 42.5 Å². The third kappa shape index (κ3) is 4.09. The van der Waals surface area contributed by atoms with E-state index in [0.29, 0.717) is 35.1 Å². The zero-order valence-electron chi connectivity index (χ0n) is 22.7. The molecule has 218 valence electrons. The van der Waals surface area contributed by atoms with E-state index in [1.807, 2.05) is 0 Å². The van der Waals surface area contributed by atoms with Gasteiger partial charge in [-0.3, -0.25) is 9.59 Å². The zero-order valence-corrected chi connectivity index (χ0v) is 22.7. The number of carbonyl (C=O) groups is 2. The normalized spacial score (nSPS) is 25.2. The lowest BCUT2D eigenvalue weighted by molar-refractivity contribution is -0.145. The fourth-order valence-corrected chi connectivity index (χ4v) is 6.90. The third-order valence-corrected chi connectivity index (χ3v) is 8.85. The Morgan fingerprint density at radius 2 is 1.71 bits per heavy atom. The molecule has 13 heteroatoms. The van der Waals surface area contributed by atoms with Gasteiger partial charge in [0.25, 0.3) is 11.8 Å². The number of ether oxygens (including phenoxy) is 1. The number of nitrogens with one attached hydrogen (secondary N) is 1. The van der Waals surface area contributed by atoms with Crippen LogP contribution in [0.25, 0.3) is 21.9 Å². The Kier molecular flexibility index (Phi) is 5.78. The van der Waals surface area contributed by atoms with Crippen LogP contribution in [-0.2, 0) is 6.18 Å². The summed E-state index contributed by atoms with van der Waals surface area (Å²) >= 11 is 0. The highest BCUT2D eigenvalue weighted by Gasteiger charge is 2.68. The average molecular weight is 581 g/mol. The van der Waals surface area contributed by atoms with Crippen LogP contribution in [0.5, 0.6) is 5.75 Å². The second-order valence-electron chi connectivity index (χ2n) is 11.7. The molecular formula is C29H27F3N6O4. The SMILES string of the molecule is CC(C)Oc1cc(C(=O)N2CC3[C@H]4CN(C(=O)c5ccc6n[nH]nc6c5)C[C@H]4C3(O)C2)nc2cc(C(F)(F)F)ccc12. The zero-order chi connectivity index (χ0) is 29.6. The summed E-state index contributed by atoms with van der Waals surface area (Å²) in [4.78, 5) is 34.4. The van der Waals surface area contributed by atoms with Gasteiger partial charge >= 0.3 is 6.18 Å². The van der Waals surface area contributed by atoms with Gasteiger partial charge in [-0.15, -0.1) is 0 Å². The van der Waals surface area contributed by atoms with Crippen molar-refractivity contribution in [3.8, 4) is 5.75 Å². The Bertz CT molecular complexity index is 1760. The largest absolute Gasteiger partial charge is 0.490 e. The first kappa shape index (κ1) is 26.6. The highest BCUT2D eigenvalue weighted by molar-refractivity contribution is 5.98. The molecule has 42 heavy (non-hydrogen) atoms. The topological polar surface area (TPSA) is 125 Å². The molecule has 3 aliphatic rings. The first-order chi connectivity index (χ1) is 19.9. The maximum absolute atomic E-state index is 13.6. The molecule has 7 rings (SSSR count). The second-order valence-corrected chi connectivity index (χ2v) is 11.7. The van der Waals surface area contributed by atoms with E-state index in [9.17, 15) is 27.9 Å². The summed E-state index contributed by atoms with van der Waals surface area (Å²) in [5, 5.41) is 22.6. The van der Waals surface area contributed by atoms with Crippen molar-refractivity contribution in [1.82, 2.24) is 30.2 Å². The highest BCUT2D eigenvalue weighted by Crippen LogP contribution is 2.57. The highest BCUT2D eigenvalue weighted by atomic mass is 19.4. The molecule has 4 aromatic rings. The lowest BCUT2D eigenvalue weighted by Gasteiger charge is -2.50. The number of aromatic nitrogens is 4. The minimum absolute atomic E-state index is 0.00189. The van der Waals surface area contributed by atoms with Crippen molar-refractivity contribution >= 4 is 33.8 Å². The summed E-state index contributed by atoms with van der Waals surface area (Å²) in [6.45, 7) is 4.68. The van der Waals surface area contributed by atoms with E-state index in [0.717, 1.165) is 12.1 Å². The second kappa shape index (κ2) is 9.12. The first-order valence-corrected chi connectivity index (χ1v) is 13.7. The maximum Gasteiger partial charge on any atom is 0.416 e. The van der Waals surface area contributed by atoms with Crippen molar-refractivity contribution in [2.24, 2.45) is 17.8 Å². The van der Waals surface area contributed by atoms with Crippen LogP contribution in [-0.4, -0.2) is 85.0 Å². The van der Waals surface area contributed by atoms with Crippen molar-refractivity contribution in [2.45, 2.75) is 31.7 Å². The molecule has 2 aromatic heterocycles. The van der Waals surface area contributed by atoms with E-state index < -0.39 is 23.2 Å². The van der Waals surface area contributed by atoms with Gasteiger partial charge in [0.2, 0.25) is 0 Å². The minimum atomic E-state index is -4.57. The Hall–Kier alpha value is -4.26. The van der Waals surface area contributed by atoms with E-state index >= 15 is 0 Å². The molecule has 2 aromatic carbocycles. The fraction of sp³-hybridized carbons (Fsp3) is 0.414. The van der Waals surface area contributed by atoms with Crippen molar-refractivity contribution in [1.29, 1.82) is 0 Å². The Morgan fingerprint density at radius 1 is 0.976 bits per heavy atom. The van der Waals surface area contributed by atoms with Crippen LogP contribution in [0.2, 0.25) is 0 Å². The number of pyridine rings is 1. The Labute approximate surface area is 237 Å². The van der Waals surface area contributed by atoms with E-state index in [4.69, 9.17) is 4.74 Å². The number of rotatable bonds is 4. The Morgan fingerprint density at radius 3 is 2.45 bits per heavy atom. The van der Waals surface area contributed by atoms with Gasteiger partial charge in [-0.25, -0.2) is 4.98 Å². The number of halogens is 3. The smallest absolute Gasteiger partial charge is 0.416 e. The lowest BCUT2D eigenvalue weighted by atomic mass is 9.56. The summed E-state index contributed by atoms with van der Waals surface area (Å²) in [6.07, 6.45) is -4.85. The summed E-state index contributed by atoms with van der Waals surface area (Å²) in [5.74, 6) is -0.781. The number of nitrogens with zero attached hydrogens (tertiary/aromatic N) is 5. The van der Waals surface area contributed by atoms with Gasteiger partial charge in [-0.2, -0.15) is 28.6 Å². The molecule has 1 aliphatic carbocycles. The predicted molar refractivity (Wildman–Crippen MR) is 144 cm³/mol. The van der Waals surface area contributed by atoms with Gasteiger partial charge in [0.05, 0.1) is 29.3 Å². The van der Waals surface area contributed by atoms with Crippen LogP contribution in [0.3, 0.4) is 0 Å². The van der Waals surface area contributed by atoms with E-state index in [2.05, 4.69) is 20.4 Å². The van der Waals surface area contributed by atoms with Crippen LogP contribution in [0, 0.1) is 17.8 Å². The predicted octanol–water partition coefficient (Wildman–Crippen LogP) is 3.52. The molecule has 0 bridgehead atoms. The quantitative estimate of drug-likeness (QED) is 0.379. The molecular weight excluding hydrogens is 553 g/mol. The molecule has 0 radical (unpaired) electrons. The monoisotopic (exact) mass is 580 g/mol. The number of carbonyl (C=O) groups excluding carboxylic acids is 2. The van der Waals surface area contributed by atoms with Crippen molar-refractivity contribution in [3.05, 3.63) is 59.3 Å². The van der Waals surface area contributed by atoms with E-state index in [1.54, 1.807) is 36.9 Å². The number of hydrogen-bond acceptors (Lipinski definition) is 7.